The van der Waals surface area contributed by atoms with Crippen LogP contribution in [0.25, 0.3) is 16.8 Å². The quantitative estimate of drug-likeness (QED) is 0.784. The molecule has 0 aliphatic rings. The number of hydrogen-bond donors (Lipinski definition) is 1. The predicted octanol–water partition coefficient (Wildman–Crippen LogP) is 4.22. The normalized spacial score (nSPS) is 11.4. The molecule has 120 valence electrons. The number of nitrogens with one attached hydrogen (secondary N) is 1. The second-order valence-electron chi connectivity index (χ2n) is 6.26. The molecule has 0 unspecified atom stereocenters. The monoisotopic (exact) mass is 312 g/mol. The summed E-state index contributed by atoms with van der Waals surface area (Å²) < 4.78 is 15.0. The molecule has 0 radical (unpaired) electrons. The minimum Gasteiger partial charge on any atom is -0.370 e. The fourth-order valence-corrected chi connectivity index (χ4v) is 2.63. The van der Waals surface area contributed by atoms with Crippen LogP contribution in [0.2, 0.25) is 0 Å². The van der Waals surface area contributed by atoms with E-state index in [0.29, 0.717) is 5.92 Å². The van der Waals surface area contributed by atoms with E-state index < -0.39 is 0 Å². The number of anilines is 1. The smallest absolute Gasteiger partial charge is 0.165 e. The van der Waals surface area contributed by atoms with Crippen molar-refractivity contribution in [2.45, 2.75) is 27.7 Å². The van der Waals surface area contributed by atoms with Gasteiger partial charge in [-0.15, -0.1) is 0 Å². The van der Waals surface area contributed by atoms with Crippen molar-refractivity contribution in [3.8, 4) is 11.1 Å². The highest BCUT2D eigenvalue weighted by atomic mass is 19.1. The lowest BCUT2D eigenvalue weighted by Crippen LogP contribution is -2.12. The van der Waals surface area contributed by atoms with Crippen molar-refractivity contribution in [1.82, 2.24) is 14.6 Å². The Bertz CT molecular complexity index is 834. The summed E-state index contributed by atoms with van der Waals surface area (Å²) in [6, 6.07) is 8.46. The van der Waals surface area contributed by atoms with Crippen LogP contribution in [0.1, 0.15) is 25.2 Å². The van der Waals surface area contributed by atoms with Crippen LogP contribution < -0.4 is 5.32 Å². The molecule has 2 aromatic heterocycles. The van der Waals surface area contributed by atoms with Crippen molar-refractivity contribution in [3.05, 3.63) is 47.5 Å². The van der Waals surface area contributed by atoms with Crippen LogP contribution >= 0.6 is 0 Å². The molecule has 0 saturated carbocycles. The van der Waals surface area contributed by atoms with Gasteiger partial charge in [-0.2, -0.15) is 9.61 Å². The van der Waals surface area contributed by atoms with Gasteiger partial charge in [-0.05, 0) is 37.5 Å². The van der Waals surface area contributed by atoms with Crippen LogP contribution in [-0.4, -0.2) is 21.1 Å². The summed E-state index contributed by atoms with van der Waals surface area (Å²) in [5.41, 5.74) is 4.46. The summed E-state index contributed by atoms with van der Waals surface area (Å²) in [6.45, 7) is 9.11. The summed E-state index contributed by atoms with van der Waals surface area (Å²) in [5.74, 6) is 1.22. The number of hydrogen-bond acceptors (Lipinski definition) is 3. The molecule has 0 spiro atoms. The third kappa shape index (κ3) is 3.04. The minimum absolute atomic E-state index is 0.244. The Balaban J connectivity index is 2.16. The van der Waals surface area contributed by atoms with Gasteiger partial charge in [0.1, 0.15) is 11.6 Å². The molecular formula is C18H21FN4. The van der Waals surface area contributed by atoms with Gasteiger partial charge < -0.3 is 5.32 Å². The van der Waals surface area contributed by atoms with Crippen molar-refractivity contribution in [2.75, 3.05) is 11.9 Å². The number of rotatable bonds is 4. The molecular weight excluding hydrogens is 291 g/mol. The molecule has 0 atom stereocenters. The van der Waals surface area contributed by atoms with Crippen molar-refractivity contribution in [1.29, 1.82) is 0 Å². The lowest BCUT2D eigenvalue weighted by molar-refractivity contribution is 0.628. The molecule has 0 aliphatic carbocycles. The van der Waals surface area contributed by atoms with E-state index in [-0.39, 0.29) is 5.82 Å². The topological polar surface area (TPSA) is 42.2 Å². The van der Waals surface area contributed by atoms with Gasteiger partial charge in [-0.3, -0.25) is 0 Å². The lowest BCUT2D eigenvalue weighted by Gasteiger charge is -2.11. The first-order chi connectivity index (χ1) is 11.0. The van der Waals surface area contributed by atoms with Gasteiger partial charge in [0.15, 0.2) is 5.65 Å². The second kappa shape index (κ2) is 5.99. The average molecular weight is 312 g/mol. The molecule has 5 heteroatoms. The molecule has 23 heavy (non-hydrogen) atoms. The lowest BCUT2D eigenvalue weighted by atomic mass is 10.1. The molecule has 2 heterocycles. The highest BCUT2D eigenvalue weighted by Crippen LogP contribution is 2.29. The molecule has 1 N–H and O–H groups in total. The molecule has 0 amide bonds. The number of aryl methyl sites for hydroxylation is 2. The molecule has 0 saturated heterocycles. The van der Waals surface area contributed by atoms with Gasteiger partial charge in [0.2, 0.25) is 0 Å². The molecule has 3 rings (SSSR count). The maximum Gasteiger partial charge on any atom is 0.165 e. The molecule has 1 aromatic carbocycles. The number of nitrogens with zero attached hydrogens (tertiary/aromatic N) is 3. The highest BCUT2D eigenvalue weighted by molar-refractivity contribution is 5.80. The fourth-order valence-electron chi connectivity index (χ4n) is 2.63. The van der Waals surface area contributed by atoms with Crippen LogP contribution in [0.4, 0.5) is 10.2 Å². The third-order valence-corrected chi connectivity index (χ3v) is 3.72. The summed E-state index contributed by atoms with van der Waals surface area (Å²) in [5, 5.41) is 8.06. The van der Waals surface area contributed by atoms with Gasteiger partial charge >= 0.3 is 0 Å². The zero-order valence-corrected chi connectivity index (χ0v) is 13.9. The van der Waals surface area contributed by atoms with Gasteiger partial charge in [0, 0.05) is 23.9 Å². The van der Waals surface area contributed by atoms with Crippen LogP contribution in [0.5, 0.6) is 0 Å². The van der Waals surface area contributed by atoms with Gasteiger partial charge in [-0.1, -0.05) is 26.0 Å². The molecule has 0 fully saturated rings. The van der Waals surface area contributed by atoms with E-state index in [1.807, 2.05) is 24.4 Å². The highest BCUT2D eigenvalue weighted by Gasteiger charge is 2.16. The summed E-state index contributed by atoms with van der Waals surface area (Å²) in [6.07, 6.45) is 0. The summed E-state index contributed by atoms with van der Waals surface area (Å²) in [4.78, 5) is 4.65. The van der Waals surface area contributed by atoms with Crippen LogP contribution in [-0.2, 0) is 0 Å². The Hall–Kier alpha value is -2.43. The average Bonchev–Trinajstić information content (AvgIpc) is 2.82. The molecule has 4 nitrogen and oxygen atoms in total. The van der Waals surface area contributed by atoms with Crippen LogP contribution in [0.15, 0.2) is 30.3 Å². The Morgan fingerprint density at radius 3 is 2.52 bits per heavy atom. The van der Waals surface area contributed by atoms with E-state index in [1.54, 1.807) is 12.1 Å². The van der Waals surface area contributed by atoms with Gasteiger partial charge in [-0.25, -0.2) is 9.37 Å². The first kappa shape index (κ1) is 15.5. The second-order valence-corrected chi connectivity index (χ2v) is 6.26. The Kier molecular flexibility index (Phi) is 4.03. The van der Waals surface area contributed by atoms with E-state index in [4.69, 9.17) is 0 Å². The Morgan fingerprint density at radius 2 is 1.87 bits per heavy atom. The summed E-state index contributed by atoms with van der Waals surface area (Å²) >= 11 is 0. The largest absolute Gasteiger partial charge is 0.370 e. The Labute approximate surface area is 135 Å². The number of aromatic nitrogens is 3. The van der Waals surface area contributed by atoms with Crippen molar-refractivity contribution in [3.63, 3.8) is 0 Å². The Morgan fingerprint density at radius 1 is 1.17 bits per heavy atom. The zero-order chi connectivity index (χ0) is 16.6. The first-order valence-electron chi connectivity index (χ1n) is 7.82. The predicted molar refractivity (Wildman–Crippen MR) is 91.2 cm³/mol. The maximum absolute atomic E-state index is 13.2. The van der Waals surface area contributed by atoms with Gasteiger partial charge in [0.25, 0.3) is 0 Å². The van der Waals surface area contributed by atoms with Crippen molar-refractivity contribution < 1.29 is 4.39 Å². The number of fused-ring (bicyclic) bond motifs is 1. The van der Waals surface area contributed by atoms with Crippen LogP contribution in [0, 0.1) is 25.6 Å². The van der Waals surface area contributed by atoms with Gasteiger partial charge in [0.05, 0.1) is 5.69 Å². The minimum atomic E-state index is -0.244. The zero-order valence-electron chi connectivity index (χ0n) is 13.9. The van der Waals surface area contributed by atoms with E-state index in [2.05, 4.69) is 29.2 Å². The molecule has 0 aliphatic heterocycles. The fraction of sp³-hybridized carbons (Fsp3) is 0.333. The summed E-state index contributed by atoms with van der Waals surface area (Å²) in [7, 11) is 0. The van der Waals surface area contributed by atoms with Crippen molar-refractivity contribution >= 4 is 11.5 Å². The third-order valence-electron chi connectivity index (χ3n) is 3.72. The van der Waals surface area contributed by atoms with E-state index >= 15 is 0 Å². The number of halogens is 1. The first-order valence-corrected chi connectivity index (χ1v) is 7.82. The standard InChI is InChI=1S/C18H21FN4/c1-11(2)10-20-16-9-12(3)21-18-17(13(4)22-23(16)18)14-5-7-15(19)8-6-14/h5-9,11,20H,10H2,1-4H3. The number of benzene rings is 1. The molecule has 3 aromatic rings. The van der Waals surface area contributed by atoms with Crippen LogP contribution in [0.3, 0.4) is 0 Å². The van der Waals surface area contributed by atoms with Crippen molar-refractivity contribution in [2.24, 2.45) is 5.92 Å². The maximum atomic E-state index is 13.2. The van der Waals surface area contributed by atoms with E-state index in [0.717, 1.165) is 40.5 Å². The SMILES string of the molecule is Cc1cc(NCC(C)C)n2nc(C)c(-c3ccc(F)cc3)c2n1. The van der Waals surface area contributed by atoms with E-state index in [1.165, 1.54) is 12.1 Å². The molecule has 0 bridgehead atoms. The van der Waals surface area contributed by atoms with E-state index in [9.17, 15) is 4.39 Å².